The largest absolute Gasteiger partial charge is 0.493 e. The second kappa shape index (κ2) is 12.2. The maximum Gasteiger partial charge on any atom is 0.257 e. The number of nitrogens with zero attached hydrogens (tertiary/aromatic N) is 1. The molecule has 3 aromatic rings. The molecule has 1 aromatic heterocycles. The third kappa shape index (κ3) is 7.02. The van der Waals surface area contributed by atoms with Crippen molar-refractivity contribution in [2.75, 3.05) is 31.4 Å². The van der Waals surface area contributed by atoms with Crippen LogP contribution in [0.4, 0.5) is 10.8 Å². The van der Waals surface area contributed by atoms with Gasteiger partial charge in [-0.3, -0.25) is 10.1 Å². The number of thiazole rings is 1. The molecule has 1 heterocycles. The summed E-state index contributed by atoms with van der Waals surface area (Å²) in [6.45, 7) is 1.15. The first kappa shape index (κ1) is 23.7. The topological polar surface area (TPSA) is 86.5 Å². The molecule has 160 valence electrons. The number of benzene rings is 2. The Hall–Kier alpha value is -2.61. The minimum absolute atomic E-state index is 0. The van der Waals surface area contributed by atoms with Crippen LogP contribution in [0.15, 0.2) is 54.0 Å². The maximum atomic E-state index is 12.7. The third-order valence-electron chi connectivity index (χ3n) is 4.38. The van der Waals surface area contributed by atoms with Crippen molar-refractivity contribution in [3.05, 3.63) is 70.7 Å². The van der Waals surface area contributed by atoms with Crippen LogP contribution >= 0.6 is 23.7 Å². The Balaban J connectivity index is 0.00000320. The fourth-order valence-corrected chi connectivity index (χ4v) is 3.43. The van der Waals surface area contributed by atoms with Crippen molar-refractivity contribution in [1.82, 2.24) is 4.98 Å². The zero-order valence-electron chi connectivity index (χ0n) is 16.8. The lowest BCUT2D eigenvalue weighted by molar-refractivity contribution is 0.102. The number of aromatic nitrogens is 1. The van der Waals surface area contributed by atoms with Gasteiger partial charge in [0, 0.05) is 43.0 Å². The van der Waals surface area contributed by atoms with E-state index < -0.39 is 0 Å². The van der Waals surface area contributed by atoms with Crippen LogP contribution in [-0.4, -0.2) is 31.2 Å². The quantitative estimate of drug-likeness (QED) is 0.350. The Morgan fingerprint density at radius 2 is 2.00 bits per heavy atom. The highest BCUT2D eigenvalue weighted by Gasteiger charge is 2.12. The van der Waals surface area contributed by atoms with Crippen molar-refractivity contribution >= 4 is 40.5 Å². The number of hydrogen-bond donors (Lipinski definition) is 2. The molecule has 6 nitrogen and oxygen atoms in total. The van der Waals surface area contributed by atoms with Crippen LogP contribution in [-0.2, 0) is 17.6 Å². The molecule has 1 amide bonds. The predicted octanol–water partition coefficient (Wildman–Crippen LogP) is 4.60. The van der Waals surface area contributed by atoms with E-state index in [2.05, 4.69) is 10.3 Å². The van der Waals surface area contributed by atoms with Crippen molar-refractivity contribution in [2.24, 2.45) is 0 Å². The molecule has 3 N–H and O–H groups in total. The average Bonchev–Trinajstić information content (AvgIpc) is 3.23. The van der Waals surface area contributed by atoms with Crippen molar-refractivity contribution in [2.45, 2.75) is 19.3 Å². The van der Waals surface area contributed by atoms with Gasteiger partial charge in [-0.15, -0.1) is 23.7 Å². The van der Waals surface area contributed by atoms with E-state index in [1.165, 1.54) is 11.3 Å². The molecule has 0 atom stereocenters. The monoisotopic (exact) mass is 447 g/mol. The maximum absolute atomic E-state index is 12.7. The molecule has 0 spiro atoms. The van der Waals surface area contributed by atoms with Gasteiger partial charge in [-0.2, -0.15) is 0 Å². The first-order valence-corrected chi connectivity index (χ1v) is 10.3. The van der Waals surface area contributed by atoms with Crippen molar-refractivity contribution < 1.29 is 14.3 Å². The second-order valence-corrected chi connectivity index (χ2v) is 7.45. The molecular weight excluding hydrogens is 422 g/mol. The van der Waals surface area contributed by atoms with Gasteiger partial charge in [0.15, 0.2) is 5.13 Å². The highest BCUT2D eigenvalue weighted by atomic mass is 35.5. The van der Waals surface area contributed by atoms with Gasteiger partial charge in [0.05, 0.1) is 6.61 Å². The van der Waals surface area contributed by atoms with Gasteiger partial charge in [-0.1, -0.05) is 18.2 Å². The van der Waals surface area contributed by atoms with Crippen molar-refractivity contribution in [3.63, 3.8) is 0 Å². The van der Waals surface area contributed by atoms with Gasteiger partial charge >= 0.3 is 0 Å². The zero-order valence-corrected chi connectivity index (χ0v) is 18.4. The molecule has 0 aliphatic carbocycles. The number of anilines is 2. The van der Waals surface area contributed by atoms with Crippen LogP contribution in [0.25, 0.3) is 0 Å². The molecule has 0 fully saturated rings. The van der Waals surface area contributed by atoms with E-state index in [4.69, 9.17) is 15.2 Å². The number of nitrogens with two attached hydrogens (primary N) is 1. The molecule has 0 saturated heterocycles. The van der Waals surface area contributed by atoms with E-state index >= 15 is 0 Å². The van der Waals surface area contributed by atoms with Crippen LogP contribution < -0.4 is 15.8 Å². The Labute approximate surface area is 186 Å². The molecule has 30 heavy (non-hydrogen) atoms. The van der Waals surface area contributed by atoms with Crippen molar-refractivity contribution in [1.29, 1.82) is 0 Å². The average molecular weight is 448 g/mol. The van der Waals surface area contributed by atoms with Gasteiger partial charge in [0.2, 0.25) is 0 Å². The number of ether oxygens (including phenoxy) is 2. The highest BCUT2D eigenvalue weighted by Crippen LogP contribution is 2.22. The molecular formula is C22H26ClN3O3S. The fourth-order valence-electron chi connectivity index (χ4n) is 2.91. The number of methoxy groups -OCH3 is 1. The number of halogens is 1. The summed E-state index contributed by atoms with van der Waals surface area (Å²) in [6, 6.07) is 13.5. The third-order valence-corrected chi connectivity index (χ3v) is 5.07. The normalized spacial score (nSPS) is 10.3. The highest BCUT2D eigenvalue weighted by molar-refractivity contribution is 7.13. The first-order valence-electron chi connectivity index (χ1n) is 9.45. The summed E-state index contributed by atoms with van der Waals surface area (Å²) < 4.78 is 10.9. The zero-order chi connectivity index (χ0) is 20.5. The Morgan fingerprint density at radius 1 is 1.17 bits per heavy atom. The molecule has 0 aliphatic rings. The number of carbonyl (C=O) groups is 1. The SMILES string of the molecule is COCCCOc1cc(CCc2ccccc2N)cc(C(=O)Nc2nccs2)c1.Cl. The standard InChI is InChI=1S/C22H25N3O3S.ClH/c1-27-10-4-11-28-19-14-16(7-8-17-5-2-3-6-20(17)23)13-18(15-19)21(26)25-22-24-9-12-29-22;/h2-3,5-6,9,12-15H,4,7-8,10-11,23H2,1H3,(H,24,25,26);1H. The van der Waals surface area contributed by atoms with Gasteiger partial charge < -0.3 is 15.2 Å². The van der Waals surface area contributed by atoms with E-state index in [1.807, 2.05) is 41.8 Å². The number of aryl methyl sites for hydroxylation is 2. The molecule has 0 unspecified atom stereocenters. The number of para-hydroxylation sites is 1. The summed E-state index contributed by atoms with van der Waals surface area (Å²) in [6.07, 6.45) is 3.97. The summed E-state index contributed by atoms with van der Waals surface area (Å²) in [5, 5.41) is 5.21. The molecule has 0 aliphatic heterocycles. The van der Waals surface area contributed by atoms with Crippen LogP contribution in [0.3, 0.4) is 0 Å². The number of amides is 1. The summed E-state index contributed by atoms with van der Waals surface area (Å²) >= 11 is 1.38. The Kier molecular flexibility index (Phi) is 9.60. The van der Waals surface area contributed by atoms with Crippen LogP contribution in [0, 0.1) is 0 Å². The molecule has 8 heteroatoms. The van der Waals surface area contributed by atoms with Gasteiger partial charge in [0.25, 0.3) is 5.91 Å². The number of hydrogen-bond acceptors (Lipinski definition) is 6. The van der Waals surface area contributed by atoms with Crippen molar-refractivity contribution in [3.8, 4) is 5.75 Å². The predicted molar refractivity (Wildman–Crippen MR) is 124 cm³/mol. The number of nitrogen functional groups attached to an aromatic ring is 1. The van der Waals surface area contributed by atoms with Gasteiger partial charge in [0.1, 0.15) is 5.75 Å². The summed E-state index contributed by atoms with van der Waals surface area (Å²) in [7, 11) is 1.66. The summed E-state index contributed by atoms with van der Waals surface area (Å²) in [4.78, 5) is 16.8. The van der Waals surface area contributed by atoms with Gasteiger partial charge in [-0.05, 0) is 48.2 Å². The summed E-state index contributed by atoms with van der Waals surface area (Å²) in [5.74, 6) is 0.465. The summed E-state index contributed by atoms with van der Waals surface area (Å²) in [5.41, 5.74) is 9.48. The van der Waals surface area contributed by atoms with E-state index in [0.29, 0.717) is 29.7 Å². The lowest BCUT2D eigenvalue weighted by Crippen LogP contribution is -2.13. The molecule has 0 saturated carbocycles. The van der Waals surface area contributed by atoms with E-state index in [9.17, 15) is 4.79 Å². The van der Waals surface area contributed by atoms with Gasteiger partial charge in [-0.25, -0.2) is 4.98 Å². The molecule has 3 rings (SSSR count). The van der Waals surface area contributed by atoms with Crippen LogP contribution in [0.2, 0.25) is 0 Å². The first-order chi connectivity index (χ1) is 14.2. The van der Waals surface area contributed by atoms with E-state index in [-0.39, 0.29) is 18.3 Å². The van der Waals surface area contributed by atoms with E-state index in [0.717, 1.165) is 36.1 Å². The number of carbonyl (C=O) groups excluding carboxylic acids is 1. The second-order valence-electron chi connectivity index (χ2n) is 6.55. The minimum atomic E-state index is -0.206. The molecule has 0 bridgehead atoms. The lowest BCUT2D eigenvalue weighted by atomic mass is 10.0. The fraction of sp³-hybridized carbons (Fsp3) is 0.273. The minimum Gasteiger partial charge on any atom is -0.493 e. The number of nitrogens with one attached hydrogen (secondary N) is 1. The smallest absolute Gasteiger partial charge is 0.257 e. The van der Waals surface area contributed by atoms with Crippen LogP contribution in [0.5, 0.6) is 5.75 Å². The Morgan fingerprint density at radius 3 is 2.73 bits per heavy atom. The lowest BCUT2D eigenvalue weighted by Gasteiger charge is -2.12. The molecule has 2 aromatic carbocycles. The van der Waals surface area contributed by atoms with E-state index in [1.54, 1.807) is 19.4 Å². The molecule has 0 radical (unpaired) electrons. The van der Waals surface area contributed by atoms with Crippen LogP contribution in [0.1, 0.15) is 27.9 Å². The Bertz CT molecular complexity index is 935. The number of rotatable bonds is 10.